The lowest BCUT2D eigenvalue weighted by Crippen LogP contribution is -2.39. The number of nitro groups is 1. The smallest absolute Gasteiger partial charge is 0.271 e. The Balaban J connectivity index is 2.30. The van der Waals surface area contributed by atoms with Crippen molar-refractivity contribution in [2.45, 2.75) is 26.3 Å². The van der Waals surface area contributed by atoms with Crippen molar-refractivity contribution in [3.8, 4) is 0 Å². The molecule has 0 spiro atoms. The molecule has 0 aliphatic carbocycles. The molecule has 0 radical (unpaired) electrons. The first-order valence-electron chi connectivity index (χ1n) is 7.12. The Kier molecular flexibility index (Phi) is 7.62. The van der Waals surface area contributed by atoms with Crippen LogP contribution in [0.25, 0.3) is 0 Å². The van der Waals surface area contributed by atoms with Crippen LogP contribution >= 0.6 is 11.6 Å². The van der Waals surface area contributed by atoms with Crippen molar-refractivity contribution < 1.29 is 9.72 Å². The fraction of sp³-hybridized carbons (Fsp3) is 0.500. The summed E-state index contributed by atoms with van der Waals surface area (Å²) < 4.78 is 0. The van der Waals surface area contributed by atoms with Crippen LogP contribution in [0.5, 0.6) is 0 Å². The standard InChI is InChI=1S/C14H21ClN4O3/c1-3-10(2)18-9-14(20)17-7-6-16-13-5-4-11(19(21)22)8-12(13)15/h4-5,8,10,16,18H,3,6-7,9H2,1-2H3,(H,17,20)/t10-/m0/s1. The number of nitro benzene ring substituents is 1. The van der Waals surface area contributed by atoms with Crippen LogP contribution in [0.15, 0.2) is 18.2 Å². The third-order valence-electron chi connectivity index (χ3n) is 3.15. The molecular formula is C14H21ClN4O3. The molecule has 0 unspecified atom stereocenters. The van der Waals surface area contributed by atoms with Gasteiger partial charge in [0.15, 0.2) is 0 Å². The third kappa shape index (κ3) is 6.28. The average Bonchev–Trinajstić information content (AvgIpc) is 2.50. The molecule has 1 atom stereocenters. The number of halogens is 1. The van der Waals surface area contributed by atoms with E-state index in [0.717, 1.165) is 6.42 Å². The number of benzene rings is 1. The lowest BCUT2D eigenvalue weighted by molar-refractivity contribution is -0.384. The summed E-state index contributed by atoms with van der Waals surface area (Å²) in [5.41, 5.74) is 0.541. The van der Waals surface area contributed by atoms with Gasteiger partial charge in [0, 0.05) is 31.3 Å². The summed E-state index contributed by atoms with van der Waals surface area (Å²) in [6.45, 7) is 5.27. The molecule has 0 aliphatic rings. The zero-order valence-electron chi connectivity index (χ0n) is 12.7. The van der Waals surface area contributed by atoms with Gasteiger partial charge in [-0.05, 0) is 19.4 Å². The van der Waals surface area contributed by atoms with Crippen LogP contribution in [-0.4, -0.2) is 36.5 Å². The van der Waals surface area contributed by atoms with Gasteiger partial charge in [-0.2, -0.15) is 0 Å². The summed E-state index contributed by atoms with van der Waals surface area (Å²) in [5.74, 6) is -0.0723. The van der Waals surface area contributed by atoms with Gasteiger partial charge in [-0.15, -0.1) is 0 Å². The molecular weight excluding hydrogens is 308 g/mol. The van der Waals surface area contributed by atoms with Crippen LogP contribution in [0.3, 0.4) is 0 Å². The molecule has 3 N–H and O–H groups in total. The van der Waals surface area contributed by atoms with Gasteiger partial charge in [-0.1, -0.05) is 18.5 Å². The van der Waals surface area contributed by atoms with Gasteiger partial charge in [-0.3, -0.25) is 14.9 Å². The Bertz CT molecular complexity index is 525. The minimum atomic E-state index is -0.500. The molecule has 0 aliphatic heterocycles. The van der Waals surface area contributed by atoms with E-state index in [1.807, 2.05) is 13.8 Å². The molecule has 0 fully saturated rings. The first-order valence-corrected chi connectivity index (χ1v) is 7.49. The highest BCUT2D eigenvalue weighted by Crippen LogP contribution is 2.26. The van der Waals surface area contributed by atoms with Gasteiger partial charge < -0.3 is 16.0 Å². The predicted molar refractivity (Wildman–Crippen MR) is 87.4 cm³/mol. The van der Waals surface area contributed by atoms with E-state index in [0.29, 0.717) is 24.8 Å². The van der Waals surface area contributed by atoms with Crippen molar-refractivity contribution in [1.29, 1.82) is 0 Å². The quantitative estimate of drug-likeness (QED) is 0.367. The van der Waals surface area contributed by atoms with Gasteiger partial charge in [0.05, 0.1) is 22.2 Å². The highest BCUT2D eigenvalue weighted by molar-refractivity contribution is 6.33. The Hall–Kier alpha value is -1.86. The molecule has 0 saturated heterocycles. The van der Waals surface area contributed by atoms with Gasteiger partial charge in [-0.25, -0.2) is 0 Å². The molecule has 1 aromatic carbocycles. The normalized spacial score (nSPS) is 11.8. The van der Waals surface area contributed by atoms with Gasteiger partial charge in [0.1, 0.15) is 0 Å². The van der Waals surface area contributed by atoms with Crippen LogP contribution in [-0.2, 0) is 4.79 Å². The number of nitrogens with zero attached hydrogens (tertiary/aromatic N) is 1. The minimum Gasteiger partial charge on any atom is -0.382 e. The van der Waals surface area contributed by atoms with Gasteiger partial charge in [0.25, 0.3) is 5.69 Å². The van der Waals surface area contributed by atoms with Crippen molar-refractivity contribution in [1.82, 2.24) is 10.6 Å². The van der Waals surface area contributed by atoms with E-state index >= 15 is 0 Å². The van der Waals surface area contributed by atoms with E-state index in [9.17, 15) is 14.9 Å². The van der Waals surface area contributed by atoms with Crippen LogP contribution in [0.4, 0.5) is 11.4 Å². The lowest BCUT2D eigenvalue weighted by Gasteiger charge is -2.12. The first-order chi connectivity index (χ1) is 10.4. The molecule has 0 heterocycles. The Morgan fingerprint density at radius 2 is 2.14 bits per heavy atom. The molecule has 0 aromatic heterocycles. The molecule has 0 bridgehead atoms. The van der Waals surface area contributed by atoms with E-state index in [2.05, 4.69) is 16.0 Å². The second-order valence-electron chi connectivity index (χ2n) is 4.89. The number of nitrogens with one attached hydrogen (secondary N) is 3. The first kappa shape index (κ1) is 18.2. The van der Waals surface area contributed by atoms with E-state index in [1.165, 1.54) is 12.1 Å². The number of hydrogen-bond acceptors (Lipinski definition) is 5. The maximum atomic E-state index is 11.6. The van der Waals surface area contributed by atoms with Crippen LogP contribution < -0.4 is 16.0 Å². The van der Waals surface area contributed by atoms with Crippen molar-refractivity contribution in [2.75, 3.05) is 25.0 Å². The van der Waals surface area contributed by atoms with Crippen LogP contribution in [0.2, 0.25) is 5.02 Å². The summed E-state index contributed by atoms with van der Waals surface area (Å²) in [5, 5.41) is 19.8. The fourth-order valence-electron chi connectivity index (χ4n) is 1.63. The summed E-state index contributed by atoms with van der Waals surface area (Å²) >= 11 is 5.95. The number of amides is 1. The molecule has 22 heavy (non-hydrogen) atoms. The number of rotatable bonds is 9. The average molecular weight is 329 g/mol. The summed E-state index contributed by atoms with van der Waals surface area (Å²) in [6.07, 6.45) is 0.966. The van der Waals surface area contributed by atoms with Crippen molar-refractivity contribution in [3.63, 3.8) is 0 Å². The fourth-order valence-corrected chi connectivity index (χ4v) is 1.88. The Morgan fingerprint density at radius 3 is 2.73 bits per heavy atom. The van der Waals surface area contributed by atoms with Crippen LogP contribution in [0, 0.1) is 10.1 Å². The van der Waals surface area contributed by atoms with E-state index < -0.39 is 4.92 Å². The summed E-state index contributed by atoms with van der Waals surface area (Å²) in [4.78, 5) is 21.7. The Morgan fingerprint density at radius 1 is 1.41 bits per heavy atom. The second-order valence-corrected chi connectivity index (χ2v) is 5.30. The largest absolute Gasteiger partial charge is 0.382 e. The monoisotopic (exact) mass is 328 g/mol. The van der Waals surface area contributed by atoms with Crippen molar-refractivity contribution in [2.24, 2.45) is 0 Å². The second kappa shape index (κ2) is 9.22. The summed E-state index contributed by atoms with van der Waals surface area (Å²) in [7, 11) is 0. The highest BCUT2D eigenvalue weighted by atomic mass is 35.5. The number of hydrogen-bond donors (Lipinski definition) is 3. The number of carbonyl (C=O) groups excluding carboxylic acids is 1. The van der Waals surface area contributed by atoms with Crippen molar-refractivity contribution >= 4 is 28.9 Å². The van der Waals surface area contributed by atoms with E-state index in [-0.39, 0.29) is 23.2 Å². The lowest BCUT2D eigenvalue weighted by atomic mass is 10.2. The molecule has 1 amide bonds. The van der Waals surface area contributed by atoms with E-state index in [1.54, 1.807) is 6.07 Å². The molecule has 8 heteroatoms. The molecule has 1 rings (SSSR count). The summed E-state index contributed by atoms with van der Waals surface area (Å²) in [6, 6.07) is 4.52. The maximum absolute atomic E-state index is 11.6. The molecule has 1 aromatic rings. The number of anilines is 1. The topological polar surface area (TPSA) is 96.3 Å². The third-order valence-corrected chi connectivity index (χ3v) is 3.46. The van der Waals surface area contributed by atoms with E-state index in [4.69, 9.17) is 11.6 Å². The van der Waals surface area contributed by atoms with Crippen molar-refractivity contribution in [3.05, 3.63) is 33.3 Å². The van der Waals surface area contributed by atoms with Gasteiger partial charge in [0.2, 0.25) is 5.91 Å². The van der Waals surface area contributed by atoms with Gasteiger partial charge >= 0.3 is 0 Å². The SMILES string of the molecule is CC[C@H](C)NCC(=O)NCCNc1ccc([N+](=O)[O-])cc1Cl. The minimum absolute atomic E-state index is 0.0556. The molecule has 7 nitrogen and oxygen atoms in total. The number of carbonyl (C=O) groups is 1. The molecule has 122 valence electrons. The zero-order chi connectivity index (χ0) is 16.5. The molecule has 0 saturated carbocycles. The maximum Gasteiger partial charge on any atom is 0.271 e. The van der Waals surface area contributed by atoms with Crippen LogP contribution in [0.1, 0.15) is 20.3 Å². The number of non-ortho nitro benzene ring substituents is 1. The zero-order valence-corrected chi connectivity index (χ0v) is 13.4. The highest BCUT2D eigenvalue weighted by Gasteiger charge is 2.09. The predicted octanol–water partition coefficient (Wildman–Crippen LogP) is 2.16. The Labute approximate surface area is 134 Å².